The van der Waals surface area contributed by atoms with Crippen LogP contribution in [-0.4, -0.2) is 60.3 Å². The number of ketones is 1. The number of quaternary nitrogens is 1. The van der Waals surface area contributed by atoms with Gasteiger partial charge in [-0.1, -0.05) is 37.0 Å². The number of benzene rings is 1. The van der Waals surface area contributed by atoms with Crippen LogP contribution >= 0.6 is 23.2 Å². The molecule has 32 heavy (non-hydrogen) atoms. The summed E-state index contributed by atoms with van der Waals surface area (Å²) in [6.07, 6.45) is 0.268. The van der Waals surface area contributed by atoms with E-state index in [4.69, 9.17) is 32.5 Å². The Bertz CT molecular complexity index is 934. The minimum Gasteiger partial charge on any atom is -0.599 e. The van der Waals surface area contributed by atoms with Crippen molar-refractivity contribution in [3.05, 3.63) is 33.8 Å². The maximum Gasteiger partial charge on any atom is 0.605 e. The molecule has 2 aliphatic heterocycles. The van der Waals surface area contributed by atoms with E-state index in [1.807, 2.05) is 20.8 Å². The van der Waals surface area contributed by atoms with Gasteiger partial charge in [-0.15, -0.1) is 0 Å². The highest BCUT2D eigenvalue weighted by atomic mass is 35.5. The van der Waals surface area contributed by atoms with E-state index in [2.05, 4.69) is 5.32 Å². The first-order chi connectivity index (χ1) is 15.0. The molecular weight excluding hydrogens is 458 g/mol. The number of Topliss-reactive ketones (excluding diaryl/α,β-unsaturated/α-hetero) is 1. The highest BCUT2D eigenvalue weighted by molar-refractivity contribution is 6.68. The zero-order valence-corrected chi connectivity index (χ0v) is 19.9. The molecule has 174 valence electrons. The van der Waals surface area contributed by atoms with E-state index in [0.29, 0.717) is 18.0 Å². The molecule has 0 aromatic heterocycles. The summed E-state index contributed by atoms with van der Waals surface area (Å²) in [5.41, 5.74) is 0.254. The third-order valence-corrected chi connectivity index (χ3v) is 6.83. The lowest BCUT2D eigenvalue weighted by atomic mass is 9.57. The Morgan fingerprint density at radius 1 is 1.12 bits per heavy atom. The Kier molecular flexibility index (Phi) is 7.22. The first-order valence-corrected chi connectivity index (χ1v) is 11.5. The normalized spacial score (nSPS) is 25.3. The number of halogens is 2. The molecule has 2 aliphatic rings. The number of fused-ring (bicyclic) bond motifs is 1. The first kappa shape index (κ1) is 24.5. The van der Waals surface area contributed by atoms with Gasteiger partial charge in [-0.05, 0) is 37.5 Å². The lowest BCUT2D eigenvalue weighted by molar-refractivity contribution is -0.814. The van der Waals surface area contributed by atoms with Crippen LogP contribution in [0.3, 0.4) is 0 Å². The summed E-state index contributed by atoms with van der Waals surface area (Å²) in [6.45, 7) is 3.85. The number of nitrogens with zero attached hydrogens (tertiary/aromatic N) is 1. The molecular formula is C21H27BCl2N2O6. The summed E-state index contributed by atoms with van der Waals surface area (Å²) >= 11 is 12.0. The minimum atomic E-state index is -2.44. The summed E-state index contributed by atoms with van der Waals surface area (Å²) in [4.78, 5) is 49.9. The third kappa shape index (κ3) is 4.65. The van der Waals surface area contributed by atoms with E-state index in [-0.39, 0.29) is 52.6 Å². The van der Waals surface area contributed by atoms with Crippen molar-refractivity contribution in [1.82, 2.24) is 5.32 Å². The van der Waals surface area contributed by atoms with Gasteiger partial charge in [-0.3, -0.25) is 19.2 Å². The molecule has 1 amide bonds. The lowest BCUT2D eigenvalue weighted by Crippen LogP contribution is -2.72. The maximum absolute atomic E-state index is 12.8. The Labute approximate surface area is 197 Å². The molecule has 3 rings (SSSR count). The van der Waals surface area contributed by atoms with Gasteiger partial charge in [0.15, 0.2) is 5.78 Å². The monoisotopic (exact) mass is 484 g/mol. The van der Waals surface area contributed by atoms with E-state index in [9.17, 15) is 19.2 Å². The van der Waals surface area contributed by atoms with Crippen LogP contribution in [-0.2, 0) is 23.7 Å². The van der Waals surface area contributed by atoms with E-state index < -0.39 is 30.5 Å². The lowest BCUT2D eigenvalue weighted by Gasteiger charge is -2.47. The van der Waals surface area contributed by atoms with Crippen LogP contribution in [0.5, 0.6) is 0 Å². The van der Waals surface area contributed by atoms with E-state index in [0.717, 1.165) is 0 Å². The van der Waals surface area contributed by atoms with Crippen LogP contribution in [0, 0.1) is 5.92 Å². The van der Waals surface area contributed by atoms with Crippen molar-refractivity contribution in [2.45, 2.75) is 46.0 Å². The van der Waals surface area contributed by atoms with Crippen molar-refractivity contribution in [3.8, 4) is 0 Å². The smallest absolute Gasteiger partial charge is 0.599 e. The number of likely N-dealkylation sites (N-methyl/N-ethyl adjacent to an activating group) is 1. The standard InChI is InChI=1S/C21H27BCl2N2O6/c1-4-26-11-20(29)31-22(26,32-21(30)12-26)18(9-13(2)3)25-19(28)8-7-17(27)15-10-14(23)5-6-16(15)24/h5-6,10,13,18H,4,7-9,11-12H2,1-3H3,(H,25,28)/t18-,22?,26?/m0/s1. The Morgan fingerprint density at radius 3 is 2.31 bits per heavy atom. The molecule has 1 N–H and O–H groups in total. The van der Waals surface area contributed by atoms with E-state index >= 15 is 0 Å². The summed E-state index contributed by atoms with van der Waals surface area (Å²) in [5, 5.41) is 3.53. The zero-order valence-electron chi connectivity index (χ0n) is 18.4. The van der Waals surface area contributed by atoms with Gasteiger partial charge in [0.1, 0.15) is 13.1 Å². The van der Waals surface area contributed by atoms with Crippen LogP contribution in [0.15, 0.2) is 18.2 Å². The van der Waals surface area contributed by atoms with Crippen LogP contribution in [0.1, 0.15) is 50.4 Å². The van der Waals surface area contributed by atoms with Gasteiger partial charge in [0.2, 0.25) is 5.91 Å². The third-order valence-electron chi connectivity index (χ3n) is 6.27. The molecule has 0 bridgehead atoms. The summed E-state index contributed by atoms with van der Waals surface area (Å²) in [5.74, 6) is -2.18. The van der Waals surface area contributed by atoms with Crippen LogP contribution in [0.2, 0.25) is 10.0 Å². The van der Waals surface area contributed by atoms with Crippen LogP contribution in [0.4, 0.5) is 0 Å². The predicted octanol–water partition coefficient (Wildman–Crippen LogP) is 2.92. The molecule has 8 nitrogen and oxygen atoms in total. The fourth-order valence-corrected chi connectivity index (χ4v) is 5.14. The minimum absolute atomic E-state index is 0.0262. The first-order valence-electron chi connectivity index (χ1n) is 10.7. The van der Waals surface area contributed by atoms with E-state index in [1.54, 1.807) is 6.07 Å². The van der Waals surface area contributed by atoms with Crippen molar-refractivity contribution >= 4 is 53.5 Å². The van der Waals surface area contributed by atoms with Gasteiger partial charge in [-0.25, -0.2) is 0 Å². The largest absolute Gasteiger partial charge is 0.605 e. The topological polar surface area (TPSA) is 98.8 Å². The number of nitrogens with one attached hydrogen (secondary N) is 1. The number of amides is 1. The van der Waals surface area contributed by atoms with Gasteiger partial charge < -0.3 is 19.0 Å². The Morgan fingerprint density at radius 2 is 1.75 bits per heavy atom. The van der Waals surface area contributed by atoms with Crippen molar-refractivity contribution in [2.75, 3.05) is 19.6 Å². The molecule has 0 saturated carbocycles. The molecule has 2 fully saturated rings. The predicted molar refractivity (Wildman–Crippen MR) is 120 cm³/mol. The molecule has 0 aliphatic carbocycles. The molecule has 0 spiro atoms. The second kappa shape index (κ2) is 9.41. The molecule has 1 aromatic carbocycles. The Balaban J connectivity index is 1.76. The number of carbonyl (C=O) groups excluding carboxylic acids is 4. The van der Waals surface area contributed by atoms with Gasteiger partial charge in [0, 0.05) is 30.0 Å². The summed E-state index contributed by atoms with van der Waals surface area (Å²) in [7, 11) is 0. The van der Waals surface area contributed by atoms with Gasteiger partial charge in [0.25, 0.3) is 0 Å². The van der Waals surface area contributed by atoms with Crippen LogP contribution in [0.25, 0.3) is 0 Å². The highest BCUT2D eigenvalue weighted by Crippen LogP contribution is 2.39. The van der Waals surface area contributed by atoms with Crippen molar-refractivity contribution < 1.29 is 32.9 Å². The number of carbonyl (C=O) groups is 4. The fraction of sp³-hybridized carbons (Fsp3) is 0.524. The molecule has 2 heterocycles. The van der Waals surface area contributed by atoms with Gasteiger partial charge >= 0.3 is 18.6 Å². The van der Waals surface area contributed by atoms with Crippen molar-refractivity contribution in [2.24, 2.45) is 5.92 Å². The van der Waals surface area contributed by atoms with Crippen LogP contribution < -0.4 is 5.32 Å². The quantitative estimate of drug-likeness (QED) is 0.427. The molecule has 0 radical (unpaired) electrons. The van der Waals surface area contributed by atoms with Crippen molar-refractivity contribution in [1.29, 1.82) is 0 Å². The molecule has 1 aromatic rings. The number of hydrogen-bond acceptors (Lipinski definition) is 6. The number of rotatable bonds is 9. The maximum atomic E-state index is 12.8. The zero-order chi connectivity index (χ0) is 23.7. The van der Waals surface area contributed by atoms with Gasteiger partial charge in [0.05, 0.1) is 11.0 Å². The molecule has 0 unspecified atom stereocenters. The SMILES string of the molecule is CC[N+]12CC(=O)O[B-]1([C@H](CC(C)C)NC(=O)CCC(=O)c1cc(Cl)ccc1Cl)OC(=O)C2. The average Bonchev–Trinajstić information content (AvgIpc) is 3.14. The molecule has 11 heteroatoms. The second-order valence-corrected chi connectivity index (χ2v) is 9.75. The number of hydrogen-bond donors (Lipinski definition) is 1. The summed E-state index contributed by atoms with van der Waals surface area (Å²) in [6, 6.07) is 4.58. The van der Waals surface area contributed by atoms with Crippen molar-refractivity contribution in [3.63, 3.8) is 0 Å². The average molecular weight is 485 g/mol. The second-order valence-electron chi connectivity index (χ2n) is 8.91. The molecule has 1 atom stereocenters. The Hall–Kier alpha value is -2.10. The fourth-order valence-electron chi connectivity index (χ4n) is 4.74. The van der Waals surface area contributed by atoms with E-state index in [1.165, 1.54) is 12.1 Å². The highest BCUT2D eigenvalue weighted by Gasteiger charge is 2.70. The molecule has 2 saturated heterocycles. The summed E-state index contributed by atoms with van der Waals surface area (Å²) < 4.78 is 11.4. The van der Waals surface area contributed by atoms with Gasteiger partial charge in [-0.2, -0.15) is 0 Å².